The van der Waals surface area contributed by atoms with Gasteiger partial charge in [0.15, 0.2) is 17.1 Å². The van der Waals surface area contributed by atoms with Gasteiger partial charge in [-0.2, -0.15) is 0 Å². The van der Waals surface area contributed by atoms with Crippen LogP contribution in [0.25, 0.3) is 22.3 Å². The van der Waals surface area contributed by atoms with Gasteiger partial charge >= 0.3 is 5.97 Å². The molecule has 11 nitrogen and oxygen atoms in total. The number of esters is 1. The van der Waals surface area contributed by atoms with Crippen molar-refractivity contribution in [1.82, 2.24) is 20.6 Å². The van der Waals surface area contributed by atoms with Crippen molar-refractivity contribution in [2.75, 3.05) is 27.3 Å². The van der Waals surface area contributed by atoms with Crippen LogP contribution in [0.4, 0.5) is 8.78 Å². The molecule has 0 spiro atoms. The summed E-state index contributed by atoms with van der Waals surface area (Å²) in [7, 11) is 2.60. The highest BCUT2D eigenvalue weighted by molar-refractivity contribution is 5.98. The minimum atomic E-state index is -0.714. The van der Waals surface area contributed by atoms with Crippen molar-refractivity contribution in [2.45, 2.75) is 6.92 Å². The second-order valence-corrected chi connectivity index (χ2v) is 9.03. The Morgan fingerprint density at radius 1 is 0.750 bits per heavy atom. The molecule has 4 aromatic rings. The number of ketones is 1. The first-order chi connectivity index (χ1) is 21.0. The number of nitrogens with one attached hydrogen (secondary N) is 2. The molecule has 2 heterocycles. The summed E-state index contributed by atoms with van der Waals surface area (Å²) in [6.07, 6.45) is 2.79. The van der Waals surface area contributed by atoms with Crippen LogP contribution < -0.4 is 15.4 Å². The van der Waals surface area contributed by atoms with Gasteiger partial charge in [0.25, 0.3) is 11.8 Å². The summed E-state index contributed by atoms with van der Waals surface area (Å²) in [5.41, 5.74) is 2.07. The maximum absolute atomic E-state index is 13.3. The van der Waals surface area contributed by atoms with Crippen molar-refractivity contribution in [2.24, 2.45) is 0 Å². The largest absolute Gasteiger partial charge is 0.505 e. The van der Waals surface area contributed by atoms with Crippen LogP contribution in [0.15, 0.2) is 73.1 Å². The van der Waals surface area contributed by atoms with Gasteiger partial charge in [-0.05, 0) is 54.4 Å². The molecule has 44 heavy (non-hydrogen) atoms. The molecule has 0 aliphatic carbocycles. The van der Waals surface area contributed by atoms with Crippen molar-refractivity contribution in [3.63, 3.8) is 0 Å². The van der Waals surface area contributed by atoms with E-state index in [2.05, 4.69) is 25.3 Å². The van der Waals surface area contributed by atoms with Crippen LogP contribution in [0.5, 0.6) is 11.5 Å². The number of aromatic hydroxyl groups is 1. The number of nitrogens with zero attached hydrogens (tertiary/aromatic N) is 2. The Balaban J connectivity index is 0.000000240. The topological polar surface area (TPSA) is 157 Å². The van der Waals surface area contributed by atoms with Crippen LogP contribution in [0, 0.1) is 11.6 Å². The molecule has 0 aliphatic rings. The first kappa shape index (κ1) is 32.8. The number of hydrogen-bond donors (Lipinski definition) is 3. The number of methoxy groups -OCH3 is 2. The number of rotatable bonds is 9. The number of amides is 2. The lowest BCUT2D eigenvalue weighted by Gasteiger charge is -2.10. The average molecular weight is 607 g/mol. The zero-order valence-corrected chi connectivity index (χ0v) is 23.9. The van der Waals surface area contributed by atoms with Gasteiger partial charge in [0.1, 0.15) is 29.7 Å². The fourth-order valence-corrected chi connectivity index (χ4v) is 3.65. The van der Waals surface area contributed by atoms with E-state index in [0.29, 0.717) is 22.3 Å². The van der Waals surface area contributed by atoms with E-state index in [4.69, 9.17) is 4.74 Å². The molecule has 228 valence electrons. The lowest BCUT2D eigenvalue weighted by Crippen LogP contribution is -2.30. The van der Waals surface area contributed by atoms with E-state index >= 15 is 0 Å². The molecule has 0 saturated carbocycles. The molecule has 3 N–H and O–H groups in total. The minimum Gasteiger partial charge on any atom is -0.505 e. The molecule has 0 bridgehead atoms. The smallest absolute Gasteiger partial charge is 0.325 e. The molecule has 2 aromatic carbocycles. The van der Waals surface area contributed by atoms with Crippen LogP contribution in [-0.2, 0) is 14.3 Å². The fraction of sp³-hybridized carbons (Fsp3) is 0.161. The second-order valence-electron chi connectivity index (χ2n) is 9.03. The van der Waals surface area contributed by atoms with Crippen molar-refractivity contribution in [3.8, 4) is 33.8 Å². The predicted molar refractivity (Wildman–Crippen MR) is 155 cm³/mol. The Hall–Kier alpha value is -5.72. The molecule has 0 unspecified atom stereocenters. The van der Waals surface area contributed by atoms with Crippen molar-refractivity contribution in [3.05, 3.63) is 96.1 Å². The van der Waals surface area contributed by atoms with E-state index in [1.807, 2.05) is 0 Å². The van der Waals surface area contributed by atoms with Crippen LogP contribution in [0.2, 0.25) is 0 Å². The molecule has 0 radical (unpaired) electrons. The highest BCUT2D eigenvalue weighted by Gasteiger charge is 2.17. The molecule has 4 rings (SSSR count). The molecule has 2 amide bonds. The molecular formula is C31H28F2N4O7. The highest BCUT2D eigenvalue weighted by atomic mass is 19.1. The van der Waals surface area contributed by atoms with E-state index in [9.17, 15) is 33.1 Å². The maximum atomic E-state index is 13.3. The normalized spacial score (nSPS) is 10.1. The third-order valence-corrected chi connectivity index (χ3v) is 5.81. The Morgan fingerprint density at radius 2 is 1.27 bits per heavy atom. The van der Waals surface area contributed by atoms with Gasteiger partial charge in [0.2, 0.25) is 0 Å². The van der Waals surface area contributed by atoms with E-state index in [0.717, 1.165) is 0 Å². The average Bonchev–Trinajstić information content (AvgIpc) is 3.02. The standard InChI is InChI=1S/C16H15FN2O3.C15H13FN2O4/c1-10(20)8-19-16(21)15-14(22-2)7-12(9-18-15)11-4-3-5-13(17)6-11;1-22-13(20)8-18-15(21)14-12(19)6-10(7-17-14)9-3-2-4-11(16)5-9/h3-7,9H,8H2,1-2H3,(H,19,21);2-7,19H,8H2,1H3,(H,18,21). The van der Waals surface area contributed by atoms with Crippen LogP contribution in [-0.4, -0.2) is 66.0 Å². The molecular weight excluding hydrogens is 578 g/mol. The Bertz CT molecular complexity index is 1680. The monoisotopic (exact) mass is 606 g/mol. The molecule has 0 aliphatic heterocycles. The predicted octanol–water partition coefficient (Wildman–Crippen LogP) is 3.71. The van der Waals surface area contributed by atoms with Crippen molar-refractivity contribution < 1.29 is 42.5 Å². The molecule has 0 fully saturated rings. The number of Topliss-reactive ketones (excluding diaryl/α,β-unsaturated/α-hetero) is 1. The van der Waals surface area contributed by atoms with Gasteiger partial charge in [-0.1, -0.05) is 24.3 Å². The molecule has 13 heteroatoms. The highest BCUT2D eigenvalue weighted by Crippen LogP contribution is 2.27. The van der Waals surface area contributed by atoms with E-state index in [1.54, 1.807) is 24.3 Å². The van der Waals surface area contributed by atoms with Gasteiger partial charge in [0.05, 0.1) is 20.8 Å². The summed E-state index contributed by atoms with van der Waals surface area (Å²) in [4.78, 5) is 53.5. The number of benzene rings is 2. The quantitative estimate of drug-likeness (QED) is 0.242. The summed E-state index contributed by atoms with van der Waals surface area (Å²) in [5.74, 6) is -2.90. The maximum Gasteiger partial charge on any atom is 0.325 e. The SMILES string of the molecule is COC(=O)CNC(=O)c1ncc(-c2cccc(F)c2)cc1O.COc1cc(-c2cccc(F)c2)cnc1C(=O)NCC(C)=O. The zero-order chi connectivity index (χ0) is 32.2. The number of ether oxygens (including phenoxy) is 2. The van der Waals surface area contributed by atoms with Gasteiger partial charge in [-0.25, -0.2) is 18.7 Å². The first-order valence-electron chi connectivity index (χ1n) is 12.9. The van der Waals surface area contributed by atoms with E-state index < -0.39 is 23.6 Å². The van der Waals surface area contributed by atoms with Gasteiger partial charge in [0, 0.05) is 23.5 Å². The number of pyridine rings is 2. The number of halogens is 2. The van der Waals surface area contributed by atoms with Gasteiger partial charge in [-0.3, -0.25) is 19.2 Å². The van der Waals surface area contributed by atoms with Crippen molar-refractivity contribution in [1.29, 1.82) is 0 Å². The Morgan fingerprint density at radius 3 is 1.77 bits per heavy atom. The third kappa shape index (κ3) is 9.14. The summed E-state index contributed by atoms with van der Waals surface area (Å²) in [5, 5.41) is 14.6. The van der Waals surface area contributed by atoms with Crippen LogP contribution in [0.3, 0.4) is 0 Å². The number of carbonyl (C=O) groups is 4. The Kier molecular flexibility index (Phi) is 11.5. The summed E-state index contributed by atoms with van der Waals surface area (Å²) >= 11 is 0. The third-order valence-electron chi connectivity index (χ3n) is 5.81. The Labute approximate surface area is 250 Å². The first-order valence-corrected chi connectivity index (χ1v) is 12.9. The van der Waals surface area contributed by atoms with Crippen LogP contribution >= 0.6 is 0 Å². The van der Waals surface area contributed by atoms with E-state index in [-0.39, 0.29) is 47.6 Å². The fourth-order valence-electron chi connectivity index (χ4n) is 3.65. The second kappa shape index (κ2) is 15.5. The minimum absolute atomic E-state index is 0.0731. The van der Waals surface area contributed by atoms with Gasteiger partial charge in [-0.15, -0.1) is 0 Å². The lowest BCUT2D eigenvalue weighted by atomic mass is 10.1. The van der Waals surface area contributed by atoms with Crippen LogP contribution in [0.1, 0.15) is 27.9 Å². The zero-order valence-electron chi connectivity index (χ0n) is 23.9. The molecule has 0 saturated heterocycles. The van der Waals surface area contributed by atoms with Crippen molar-refractivity contribution >= 4 is 23.6 Å². The summed E-state index contributed by atoms with van der Waals surface area (Å²) in [6.45, 7) is 0.968. The number of aromatic nitrogens is 2. The molecule has 0 atom stereocenters. The lowest BCUT2D eigenvalue weighted by molar-refractivity contribution is -0.139. The summed E-state index contributed by atoms with van der Waals surface area (Å²) in [6, 6.07) is 14.7. The van der Waals surface area contributed by atoms with Gasteiger partial charge < -0.3 is 25.2 Å². The van der Waals surface area contributed by atoms with E-state index in [1.165, 1.54) is 69.9 Å². The number of carbonyl (C=O) groups excluding carboxylic acids is 4. The summed E-state index contributed by atoms with van der Waals surface area (Å²) < 4.78 is 36.0. The number of hydrogen-bond acceptors (Lipinski definition) is 9. The molecule has 2 aromatic heterocycles.